The van der Waals surface area contributed by atoms with Gasteiger partial charge in [0, 0.05) is 50.5 Å². The number of thiocarbonyl (C=S) groups is 1. The van der Waals surface area contributed by atoms with Crippen molar-refractivity contribution >= 4 is 38.7 Å². The van der Waals surface area contributed by atoms with Crippen LogP contribution < -0.4 is 9.64 Å². The maximum atomic E-state index is 11.8. The van der Waals surface area contributed by atoms with Crippen LogP contribution in [0.15, 0.2) is 35.5 Å². The highest BCUT2D eigenvalue weighted by Crippen LogP contribution is 2.35. The van der Waals surface area contributed by atoms with Crippen LogP contribution in [0, 0.1) is 0 Å². The molecule has 3 heterocycles. The van der Waals surface area contributed by atoms with E-state index in [1.165, 1.54) is 12.6 Å². The van der Waals surface area contributed by atoms with E-state index in [0.717, 1.165) is 36.3 Å². The lowest BCUT2D eigenvalue weighted by Gasteiger charge is -2.31. The van der Waals surface area contributed by atoms with Crippen molar-refractivity contribution in [3.8, 4) is 5.88 Å². The quantitative estimate of drug-likeness (QED) is 0.727. The molecular formula is C19H22N4O4S2. The average molecular weight is 435 g/mol. The van der Waals surface area contributed by atoms with Crippen molar-refractivity contribution in [1.82, 2.24) is 14.9 Å². The van der Waals surface area contributed by atoms with Gasteiger partial charge in [0.2, 0.25) is 5.88 Å². The normalized spacial score (nSPS) is 17.3. The van der Waals surface area contributed by atoms with E-state index in [-0.39, 0.29) is 11.3 Å². The summed E-state index contributed by atoms with van der Waals surface area (Å²) in [5.74, 6) is 1.22. The van der Waals surface area contributed by atoms with E-state index in [0.29, 0.717) is 30.4 Å². The molecule has 1 fully saturated rings. The first-order valence-electron chi connectivity index (χ1n) is 9.38. The standard InChI is InChI=1S/C19H22N4O4S2/c1-29(25,26)15-2-3-16-13(10-15)4-9-23(16)17-11-18(21-12-20-17)27-14-5-7-22(8-6-14)19(24)28/h2-3,10-12,14H,4-9H2,1H3,(H,24,28). The number of aliphatic hydroxyl groups is 1. The van der Waals surface area contributed by atoms with Crippen LogP contribution in [0.4, 0.5) is 11.5 Å². The molecule has 154 valence electrons. The molecule has 0 radical (unpaired) electrons. The number of fused-ring (bicyclic) bond motifs is 1. The van der Waals surface area contributed by atoms with Crippen LogP contribution in [0.2, 0.25) is 0 Å². The van der Waals surface area contributed by atoms with Crippen LogP contribution in [0.25, 0.3) is 0 Å². The molecule has 8 nitrogen and oxygen atoms in total. The molecule has 0 aliphatic carbocycles. The molecule has 10 heteroatoms. The van der Waals surface area contributed by atoms with E-state index in [4.69, 9.17) is 17.0 Å². The van der Waals surface area contributed by atoms with E-state index in [1.807, 2.05) is 17.0 Å². The number of piperidine rings is 1. The number of hydrogen-bond acceptors (Lipinski definition) is 7. The van der Waals surface area contributed by atoms with Crippen LogP contribution in [0.1, 0.15) is 18.4 Å². The third kappa shape index (κ3) is 4.27. The maximum absolute atomic E-state index is 11.8. The summed E-state index contributed by atoms with van der Waals surface area (Å²) in [6.07, 6.45) is 4.95. The molecule has 2 aliphatic heterocycles. The van der Waals surface area contributed by atoms with Gasteiger partial charge >= 0.3 is 0 Å². The Morgan fingerprint density at radius 2 is 1.97 bits per heavy atom. The Morgan fingerprint density at radius 3 is 2.66 bits per heavy atom. The monoisotopic (exact) mass is 434 g/mol. The number of rotatable bonds is 4. The zero-order chi connectivity index (χ0) is 20.6. The van der Waals surface area contributed by atoms with Crippen molar-refractivity contribution in [3.05, 3.63) is 36.2 Å². The second kappa shape index (κ2) is 7.75. The number of aromatic nitrogens is 2. The number of aliphatic hydroxyl groups excluding tert-OH is 1. The largest absolute Gasteiger partial charge is 0.487 e. The van der Waals surface area contributed by atoms with E-state index in [2.05, 4.69) is 9.97 Å². The van der Waals surface area contributed by atoms with Crippen molar-refractivity contribution in [2.45, 2.75) is 30.3 Å². The molecule has 2 aliphatic rings. The third-order valence-corrected chi connectivity index (χ3v) is 6.65. The van der Waals surface area contributed by atoms with Gasteiger partial charge in [-0.1, -0.05) is 0 Å². The first kappa shape index (κ1) is 19.8. The first-order chi connectivity index (χ1) is 13.8. The second-order valence-corrected chi connectivity index (χ2v) is 9.65. The van der Waals surface area contributed by atoms with Crippen molar-refractivity contribution in [1.29, 1.82) is 0 Å². The average Bonchev–Trinajstić information content (AvgIpc) is 3.11. The number of anilines is 2. The van der Waals surface area contributed by atoms with Crippen molar-refractivity contribution < 1.29 is 18.3 Å². The fraction of sp³-hybridized carbons (Fsp3) is 0.421. The summed E-state index contributed by atoms with van der Waals surface area (Å²) in [4.78, 5) is 12.7. The molecular weight excluding hydrogens is 412 g/mol. The number of hydrogen-bond donors (Lipinski definition) is 1. The second-order valence-electron chi connectivity index (χ2n) is 7.27. The molecule has 0 atom stereocenters. The Labute approximate surface area is 175 Å². The van der Waals surface area contributed by atoms with Gasteiger partial charge in [-0.3, -0.25) is 0 Å². The summed E-state index contributed by atoms with van der Waals surface area (Å²) in [5.41, 5.74) is 1.94. The highest BCUT2D eigenvalue weighted by molar-refractivity contribution is 7.90. The molecule has 0 unspecified atom stereocenters. The SMILES string of the molecule is CS(=O)(=O)c1ccc2c(c1)CCN2c1cc(OC2CCN(C(O)=S)CC2)ncn1. The van der Waals surface area contributed by atoms with Crippen molar-refractivity contribution in [2.24, 2.45) is 0 Å². The Morgan fingerprint density at radius 1 is 1.21 bits per heavy atom. The Bertz CT molecular complexity index is 1040. The van der Waals surface area contributed by atoms with E-state index < -0.39 is 9.84 Å². The van der Waals surface area contributed by atoms with Gasteiger partial charge in [0.25, 0.3) is 5.17 Å². The Kier molecular flexibility index (Phi) is 5.30. The van der Waals surface area contributed by atoms with Gasteiger partial charge in [-0.2, -0.15) is 0 Å². The van der Waals surface area contributed by atoms with Gasteiger partial charge in [-0.25, -0.2) is 18.4 Å². The minimum atomic E-state index is -3.23. The molecule has 1 N–H and O–H groups in total. The van der Waals surface area contributed by atoms with Gasteiger partial charge in [0.05, 0.1) is 4.90 Å². The van der Waals surface area contributed by atoms with Crippen LogP contribution in [0.3, 0.4) is 0 Å². The highest BCUT2D eigenvalue weighted by Gasteiger charge is 2.25. The number of sulfone groups is 1. The lowest BCUT2D eigenvalue weighted by atomic mass is 10.1. The molecule has 0 amide bonds. The van der Waals surface area contributed by atoms with Crippen LogP contribution in [0.5, 0.6) is 5.88 Å². The summed E-state index contributed by atoms with van der Waals surface area (Å²) in [7, 11) is -3.23. The number of ether oxygens (including phenoxy) is 1. The fourth-order valence-electron chi connectivity index (χ4n) is 3.72. The smallest absolute Gasteiger partial charge is 0.256 e. The molecule has 0 spiro atoms. The first-order valence-corrected chi connectivity index (χ1v) is 11.7. The summed E-state index contributed by atoms with van der Waals surface area (Å²) >= 11 is 4.80. The summed E-state index contributed by atoms with van der Waals surface area (Å²) in [6.45, 7) is 2.02. The Balaban J connectivity index is 1.49. The molecule has 0 bridgehead atoms. The number of likely N-dealkylation sites (tertiary alicyclic amines) is 1. The van der Waals surface area contributed by atoms with Crippen LogP contribution in [-0.4, -0.2) is 65.6 Å². The lowest BCUT2D eigenvalue weighted by Crippen LogP contribution is -2.41. The van der Waals surface area contributed by atoms with Crippen LogP contribution in [-0.2, 0) is 16.3 Å². The minimum absolute atomic E-state index is 0.00605. The van der Waals surface area contributed by atoms with Gasteiger partial charge in [-0.05, 0) is 42.4 Å². The predicted octanol–water partition coefficient (Wildman–Crippen LogP) is 2.26. The summed E-state index contributed by atoms with van der Waals surface area (Å²) < 4.78 is 29.6. The summed E-state index contributed by atoms with van der Waals surface area (Å²) in [6, 6.07) is 7.00. The zero-order valence-electron chi connectivity index (χ0n) is 16.0. The van der Waals surface area contributed by atoms with Crippen molar-refractivity contribution in [2.75, 3.05) is 30.8 Å². The fourth-order valence-corrected chi connectivity index (χ4v) is 4.58. The van der Waals surface area contributed by atoms with Gasteiger partial charge in [-0.15, -0.1) is 0 Å². The molecule has 1 aromatic carbocycles. The van der Waals surface area contributed by atoms with Gasteiger partial charge < -0.3 is 19.6 Å². The molecule has 2 aromatic rings. The predicted molar refractivity (Wildman–Crippen MR) is 113 cm³/mol. The van der Waals surface area contributed by atoms with Crippen LogP contribution >= 0.6 is 12.2 Å². The molecule has 4 rings (SSSR count). The Hall–Kier alpha value is -2.46. The minimum Gasteiger partial charge on any atom is -0.487 e. The van der Waals surface area contributed by atoms with Gasteiger partial charge in [0.15, 0.2) is 9.84 Å². The van der Waals surface area contributed by atoms with Crippen molar-refractivity contribution in [3.63, 3.8) is 0 Å². The zero-order valence-corrected chi connectivity index (χ0v) is 17.6. The molecule has 29 heavy (non-hydrogen) atoms. The maximum Gasteiger partial charge on any atom is 0.256 e. The van der Waals surface area contributed by atoms with Gasteiger partial charge in [0.1, 0.15) is 18.2 Å². The summed E-state index contributed by atoms with van der Waals surface area (Å²) in [5, 5.41) is 9.34. The van der Waals surface area contributed by atoms with E-state index in [9.17, 15) is 13.5 Å². The molecule has 1 saturated heterocycles. The van der Waals surface area contributed by atoms with E-state index in [1.54, 1.807) is 17.0 Å². The topological polar surface area (TPSA) is 95.9 Å². The number of benzene rings is 1. The molecule has 1 aromatic heterocycles. The third-order valence-electron chi connectivity index (χ3n) is 5.28. The lowest BCUT2D eigenvalue weighted by molar-refractivity contribution is 0.120. The van der Waals surface area contributed by atoms with E-state index >= 15 is 0 Å². The number of nitrogens with zero attached hydrogens (tertiary/aromatic N) is 4. The molecule has 0 saturated carbocycles. The highest BCUT2D eigenvalue weighted by atomic mass is 32.2.